The van der Waals surface area contributed by atoms with Gasteiger partial charge in [0.25, 0.3) is 0 Å². The third-order valence-electron chi connectivity index (χ3n) is 4.61. The molecule has 1 fully saturated rings. The summed E-state index contributed by atoms with van der Waals surface area (Å²) in [4.78, 5) is 24.6. The first-order valence-corrected chi connectivity index (χ1v) is 10.1. The normalized spacial score (nSPS) is 21.6. The third kappa shape index (κ3) is 5.18. The average molecular weight is 449 g/mol. The lowest BCUT2D eigenvalue weighted by Gasteiger charge is -2.19. The van der Waals surface area contributed by atoms with Gasteiger partial charge in [-0.2, -0.15) is 5.10 Å². The molecule has 3 atom stereocenters. The fourth-order valence-electron chi connectivity index (χ4n) is 3.10. The highest BCUT2D eigenvalue weighted by atomic mass is 79.9. The summed E-state index contributed by atoms with van der Waals surface area (Å²) in [6.45, 7) is 4.75. The Morgan fingerprint density at radius 2 is 2.11 bits per heavy atom. The van der Waals surface area contributed by atoms with Crippen molar-refractivity contribution < 1.29 is 9.59 Å². The fourth-order valence-corrected chi connectivity index (χ4v) is 4.21. The summed E-state index contributed by atoms with van der Waals surface area (Å²) in [5.41, 5.74) is 7.82. The van der Waals surface area contributed by atoms with E-state index in [1.54, 1.807) is 23.1 Å². The number of rotatable bonds is 7. The monoisotopic (exact) mass is 448 g/mol. The molecule has 0 saturated carbocycles. The molecule has 3 rings (SSSR count). The van der Waals surface area contributed by atoms with Crippen LogP contribution in [-0.4, -0.2) is 38.5 Å². The first-order valence-electron chi connectivity index (χ1n) is 9.23. The summed E-state index contributed by atoms with van der Waals surface area (Å²) in [5.74, 6) is 0.162. The lowest BCUT2D eigenvalue weighted by molar-refractivity contribution is -0.123. The van der Waals surface area contributed by atoms with Gasteiger partial charge in [0, 0.05) is 30.7 Å². The second-order valence-corrected chi connectivity index (χ2v) is 8.21. The fraction of sp³-hybridized carbons (Fsp3) is 0.421. The summed E-state index contributed by atoms with van der Waals surface area (Å²) in [6.07, 6.45) is 3.37. The Morgan fingerprint density at radius 1 is 1.29 bits per heavy atom. The number of hydrogen-bond acceptors (Lipinski definition) is 5. The minimum Gasteiger partial charge on any atom is -0.351 e. The molecule has 28 heavy (non-hydrogen) atoms. The van der Waals surface area contributed by atoms with E-state index in [4.69, 9.17) is 0 Å². The molecule has 1 aliphatic heterocycles. The van der Waals surface area contributed by atoms with Crippen molar-refractivity contribution in [1.82, 2.24) is 25.9 Å². The summed E-state index contributed by atoms with van der Waals surface area (Å²) >= 11 is 3.62. The highest BCUT2D eigenvalue weighted by Crippen LogP contribution is 2.21. The maximum atomic E-state index is 12.5. The predicted octanol–water partition coefficient (Wildman–Crippen LogP) is 1.40. The molecule has 0 radical (unpaired) electrons. The van der Waals surface area contributed by atoms with E-state index in [1.807, 2.05) is 24.3 Å². The van der Waals surface area contributed by atoms with Gasteiger partial charge in [0.2, 0.25) is 11.8 Å². The Hall–Kier alpha value is -2.23. The Labute approximate surface area is 172 Å². The number of hydrogen-bond donors (Lipinski definition) is 4. The van der Waals surface area contributed by atoms with Crippen LogP contribution in [0, 0.1) is 5.92 Å². The number of nitrogens with zero attached hydrogens (tertiary/aromatic N) is 2. The minimum atomic E-state index is -0.343. The maximum absolute atomic E-state index is 12.5. The lowest BCUT2D eigenvalue weighted by atomic mass is 9.99. The van der Waals surface area contributed by atoms with Crippen LogP contribution >= 0.6 is 15.9 Å². The van der Waals surface area contributed by atoms with E-state index in [2.05, 4.69) is 56.4 Å². The van der Waals surface area contributed by atoms with E-state index in [0.29, 0.717) is 18.2 Å². The molecule has 150 valence electrons. The molecule has 1 aromatic heterocycles. The van der Waals surface area contributed by atoms with E-state index in [0.717, 1.165) is 5.56 Å². The number of aromatic nitrogens is 2. The van der Waals surface area contributed by atoms with Gasteiger partial charge in [-0.1, -0.05) is 41.9 Å². The molecular formula is C19H25BrN6O2. The number of halogens is 1. The number of carbonyl (C=O) groups is 2. The molecule has 0 bridgehead atoms. The topological polar surface area (TPSA) is 100 Å². The number of anilines is 1. The van der Waals surface area contributed by atoms with Gasteiger partial charge < -0.3 is 10.6 Å². The van der Waals surface area contributed by atoms with Crippen molar-refractivity contribution >= 4 is 33.4 Å². The van der Waals surface area contributed by atoms with Gasteiger partial charge in [0.1, 0.15) is 12.6 Å². The van der Waals surface area contributed by atoms with Crippen LogP contribution in [0.3, 0.4) is 0 Å². The highest BCUT2D eigenvalue weighted by Gasteiger charge is 2.39. The van der Waals surface area contributed by atoms with Gasteiger partial charge in [0.05, 0.1) is 4.83 Å². The Morgan fingerprint density at radius 3 is 2.79 bits per heavy atom. The van der Waals surface area contributed by atoms with E-state index < -0.39 is 0 Å². The molecule has 3 unspecified atom stereocenters. The molecule has 0 spiro atoms. The predicted molar refractivity (Wildman–Crippen MR) is 111 cm³/mol. The Balaban J connectivity index is 1.52. The molecule has 8 nitrogen and oxygen atoms in total. The van der Waals surface area contributed by atoms with Gasteiger partial charge in [-0.3, -0.25) is 19.7 Å². The SMILES string of the molecule is CC(C)C1NNC(C(=O)NCc2cccc(NC(=O)Cn3cccn3)c2)C1Br. The van der Waals surface area contributed by atoms with E-state index in [-0.39, 0.29) is 35.3 Å². The van der Waals surface area contributed by atoms with Crippen LogP contribution in [0.4, 0.5) is 5.69 Å². The molecule has 2 aromatic rings. The summed E-state index contributed by atoms with van der Waals surface area (Å²) in [7, 11) is 0. The van der Waals surface area contributed by atoms with Crippen molar-refractivity contribution in [2.24, 2.45) is 5.92 Å². The second kappa shape index (κ2) is 9.31. The van der Waals surface area contributed by atoms with Crippen molar-refractivity contribution in [1.29, 1.82) is 0 Å². The number of nitrogens with one attached hydrogen (secondary N) is 4. The van der Waals surface area contributed by atoms with Gasteiger partial charge in [-0.15, -0.1) is 0 Å². The van der Waals surface area contributed by atoms with Crippen LogP contribution in [0.25, 0.3) is 0 Å². The minimum absolute atomic E-state index is 0.0143. The maximum Gasteiger partial charge on any atom is 0.246 e. The van der Waals surface area contributed by atoms with Crippen molar-refractivity contribution in [3.05, 3.63) is 48.3 Å². The second-order valence-electron chi connectivity index (χ2n) is 7.15. The van der Waals surface area contributed by atoms with E-state index >= 15 is 0 Å². The van der Waals surface area contributed by atoms with Gasteiger partial charge in [0.15, 0.2) is 0 Å². The number of alkyl halides is 1. The molecule has 4 N–H and O–H groups in total. The van der Waals surface area contributed by atoms with Crippen molar-refractivity contribution in [3.8, 4) is 0 Å². The zero-order valence-corrected chi connectivity index (χ0v) is 17.4. The van der Waals surface area contributed by atoms with Crippen LogP contribution in [0.5, 0.6) is 0 Å². The van der Waals surface area contributed by atoms with E-state index in [9.17, 15) is 9.59 Å². The summed E-state index contributed by atoms with van der Waals surface area (Å²) in [5, 5.41) is 9.81. The number of hydrazine groups is 1. The molecular weight excluding hydrogens is 424 g/mol. The van der Waals surface area contributed by atoms with Crippen LogP contribution in [-0.2, 0) is 22.7 Å². The molecule has 1 aromatic carbocycles. The molecule has 1 aliphatic rings. The van der Waals surface area contributed by atoms with Crippen LogP contribution in [0.15, 0.2) is 42.7 Å². The summed E-state index contributed by atoms with van der Waals surface area (Å²) in [6, 6.07) is 9.04. The van der Waals surface area contributed by atoms with Crippen LogP contribution in [0.1, 0.15) is 19.4 Å². The molecule has 2 amide bonds. The summed E-state index contributed by atoms with van der Waals surface area (Å²) < 4.78 is 1.56. The largest absolute Gasteiger partial charge is 0.351 e. The van der Waals surface area contributed by atoms with Crippen molar-refractivity contribution in [3.63, 3.8) is 0 Å². The van der Waals surface area contributed by atoms with Gasteiger partial charge in [-0.05, 0) is 29.7 Å². The zero-order valence-electron chi connectivity index (χ0n) is 15.9. The number of benzene rings is 1. The highest BCUT2D eigenvalue weighted by molar-refractivity contribution is 9.09. The number of carbonyl (C=O) groups excluding carboxylic acids is 2. The number of amides is 2. The lowest BCUT2D eigenvalue weighted by Crippen LogP contribution is -2.45. The average Bonchev–Trinajstić information content (AvgIpc) is 3.29. The van der Waals surface area contributed by atoms with Crippen molar-refractivity contribution in [2.75, 3.05) is 5.32 Å². The smallest absolute Gasteiger partial charge is 0.246 e. The third-order valence-corrected chi connectivity index (χ3v) is 5.71. The first-order chi connectivity index (χ1) is 13.4. The molecule has 9 heteroatoms. The van der Waals surface area contributed by atoms with Crippen molar-refractivity contribution in [2.45, 2.75) is 43.8 Å². The molecule has 1 saturated heterocycles. The van der Waals surface area contributed by atoms with Crippen LogP contribution in [0.2, 0.25) is 0 Å². The zero-order chi connectivity index (χ0) is 20.1. The molecule has 0 aliphatic carbocycles. The standard InChI is InChI=1S/C19H25BrN6O2/c1-12(2)17-16(20)18(25-24-17)19(28)21-10-13-5-3-6-14(9-13)23-15(27)11-26-8-4-7-22-26/h3-9,12,16-18,24-25H,10-11H2,1-2H3,(H,21,28)(H,23,27). The quantitative estimate of drug-likeness (QED) is 0.479. The van der Waals surface area contributed by atoms with Crippen LogP contribution < -0.4 is 21.5 Å². The molecule has 2 heterocycles. The van der Waals surface area contributed by atoms with E-state index in [1.165, 1.54) is 0 Å². The first kappa shape index (κ1) is 20.5. The van der Waals surface area contributed by atoms with Gasteiger partial charge >= 0.3 is 0 Å². The Bertz CT molecular complexity index is 811. The van der Waals surface area contributed by atoms with Gasteiger partial charge in [-0.25, -0.2) is 5.43 Å². The Kier molecular flexibility index (Phi) is 6.82.